The van der Waals surface area contributed by atoms with Crippen LogP contribution in [0.15, 0.2) is 65.0 Å². The molecule has 1 unspecified atom stereocenters. The van der Waals surface area contributed by atoms with Gasteiger partial charge in [-0.05, 0) is 31.2 Å². The van der Waals surface area contributed by atoms with Gasteiger partial charge in [0.05, 0.1) is 5.25 Å². The highest BCUT2D eigenvalue weighted by atomic mass is 32.2. The molecule has 7 heteroatoms. The van der Waals surface area contributed by atoms with Crippen molar-refractivity contribution >= 4 is 45.5 Å². The highest BCUT2D eigenvalue weighted by Gasteiger charge is 2.25. The summed E-state index contributed by atoms with van der Waals surface area (Å²) in [6.45, 7) is 1.86. The van der Waals surface area contributed by atoms with Crippen LogP contribution in [0.3, 0.4) is 0 Å². The van der Waals surface area contributed by atoms with E-state index in [9.17, 15) is 4.79 Å². The van der Waals surface area contributed by atoms with Crippen LogP contribution in [-0.2, 0) is 4.79 Å². The van der Waals surface area contributed by atoms with Crippen LogP contribution >= 0.6 is 23.1 Å². The molecule has 0 aliphatic rings. The first-order chi connectivity index (χ1) is 11.6. The van der Waals surface area contributed by atoms with Gasteiger partial charge in [-0.15, -0.1) is 10.2 Å². The van der Waals surface area contributed by atoms with Crippen LogP contribution in [0, 0.1) is 0 Å². The number of nitrogens with zero attached hydrogens (tertiary/aromatic N) is 3. The normalized spacial score (nSPS) is 11.9. The van der Waals surface area contributed by atoms with Gasteiger partial charge in [-0.2, -0.15) is 0 Å². The van der Waals surface area contributed by atoms with E-state index in [0.29, 0.717) is 9.47 Å². The van der Waals surface area contributed by atoms with Gasteiger partial charge in [0.2, 0.25) is 11.0 Å². The van der Waals surface area contributed by atoms with Crippen LogP contribution in [0.25, 0.3) is 0 Å². The van der Waals surface area contributed by atoms with Crippen LogP contribution < -0.4 is 10.6 Å². The second-order valence-corrected chi connectivity index (χ2v) is 7.61. The maximum Gasteiger partial charge on any atom is 0.244 e. The topological polar surface area (TPSA) is 72.1 Å². The zero-order valence-corrected chi connectivity index (χ0v) is 14.6. The van der Waals surface area contributed by atoms with Crippen molar-refractivity contribution in [2.75, 3.05) is 10.6 Å². The van der Waals surface area contributed by atoms with E-state index < -0.39 is 0 Å². The molecule has 2 aromatic carbocycles. The SMILES string of the molecule is CC(Sc1nnc(N)s1)C(=O)N(c1ccccc1)c1ccccc1. The molecule has 3 rings (SSSR count). The number of carbonyl (C=O) groups excluding carboxylic acids is 1. The van der Waals surface area contributed by atoms with Gasteiger partial charge in [0.1, 0.15) is 0 Å². The Morgan fingerprint density at radius 2 is 1.58 bits per heavy atom. The maximum atomic E-state index is 13.1. The quantitative estimate of drug-likeness (QED) is 0.701. The van der Waals surface area contributed by atoms with Crippen molar-refractivity contribution in [1.29, 1.82) is 0 Å². The molecule has 0 bridgehead atoms. The van der Waals surface area contributed by atoms with Gasteiger partial charge in [-0.25, -0.2) is 0 Å². The van der Waals surface area contributed by atoms with Crippen LogP contribution in [0.1, 0.15) is 6.92 Å². The minimum atomic E-state index is -0.322. The first kappa shape index (κ1) is 16.5. The standard InChI is InChI=1S/C17H16N4OS2/c1-12(23-17-20-19-16(18)24-17)15(22)21(13-8-4-2-5-9-13)14-10-6-3-7-11-14/h2-12H,1H3,(H2,18,19). The van der Waals surface area contributed by atoms with Crippen molar-refractivity contribution in [3.05, 3.63) is 60.7 Å². The molecule has 122 valence electrons. The molecule has 5 nitrogen and oxygen atoms in total. The van der Waals surface area contributed by atoms with Crippen LogP contribution in [0.2, 0.25) is 0 Å². The number of carbonyl (C=O) groups is 1. The number of benzene rings is 2. The van der Waals surface area contributed by atoms with Gasteiger partial charge < -0.3 is 5.73 Å². The Bertz CT molecular complexity index is 768. The van der Waals surface area contributed by atoms with Gasteiger partial charge in [0.25, 0.3) is 0 Å². The fourth-order valence-corrected chi connectivity index (χ4v) is 4.03. The zero-order chi connectivity index (χ0) is 16.9. The fraction of sp³-hybridized carbons (Fsp3) is 0.118. The van der Waals surface area contributed by atoms with Crippen molar-refractivity contribution in [2.24, 2.45) is 0 Å². The summed E-state index contributed by atoms with van der Waals surface area (Å²) in [5, 5.41) is 7.85. The molecule has 2 N–H and O–H groups in total. The van der Waals surface area contributed by atoms with Crippen molar-refractivity contribution < 1.29 is 4.79 Å². The first-order valence-electron chi connectivity index (χ1n) is 7.35. The van der Waals surface area contributed by atoms with Gasteiger partial charge in [-0.1, -0.05) is 59.5 Å². The van der Waals surface area contributed by atoms with Gasteiger partial charge in [0.15, 0.2) is 4.34 Å². The Morgan fingerprint density at radius 3 is 2.04 bits per heavy atom. The molecular formula is C17H16N4OS2. The van der Waals surface area contributed by atoms with Gasteiger partial charge in [-0.3, -0.25) is 9.69 Å². The second kappa shape index (κ2) is 7.46. The molecule has 0 aliphatic carbocycles. The molecule has 0 radical (unpaired) electrons. The molecule has 1 atom stereocenters. The van der Waals surface area contributed by atoms with Crippen LogP contribution in [0.4, 0.5) is 16.5 Å². The summed E-state index contributed by atoms with van der Waals surface area (Å²) in [6, 6.07) is 19.2. The molecule has 0 fully saturated rings. The number of aromatic nitrogens is 2. The zero-order valence-electron chi connectivity index (χ0n) is 13.0. The Kier molecular flexibility index (Phi) is 5.12. The summed E-state index contributed by atoms with van der Waals surface area (Å²) < 4.78 is 0.689. The lowest BCUT2D eigenvalue weighted by Gasteiger charge is -2.25. The fourth-order valence-electron chi connectivity index (χ4n) is 2.21. The Balaban J connectivity index is 1.89. The van der Waals surface area contributed by atoms with E-state index >= 15 is 0 Å². The van der Waals surface area contributed by atoms with Crippen molar-refractivity contribution in [1.82, 2.24) is 10.2 Å². The third kappa shape index (κ3) is 3.74. The molecule has 0 saturated heterocycles. The maximum absolute atomic E-state index is 13.1. The molecule has 1 heterocycles. The summed E-state index contributed by atoms with van der Waals surface area (Å²) in [4.78, 5) is 14.8. The third-order valence-corrected chi connectivity index (χ3v) is 5.22. The van der Waals surface area contributed by atoms with Gasteiger partial charge >= 0.3 is 0 Å². The van der Waals surface area contributed by atoms with E-state index in [0.717, 1.165) is 11.4 Å². The average molecular weight is 356 g/mol. The summed E-state index contributed by atoms with van der Waals surface area (Å²) in [5.41, 5.74) is 7.27. The van der Waals surface area contributed by atoms with Crippen molar-refractivity contribution in [3.63, 3.8) is 0 Å². The van der Waals surface area contributed by atoms with E-state index in [1.165, 1.54) is 23.1 Å². The molecule has 0 spiro atoms. The number of hydrogen-bond donors (Lipinski definition) is 1. The number of nitrogens with two attached hydrogens (primary N) is 1. The lowest BCUT2D eigenvalue weighted by Crippen LogP contribution is -2.32. The number of para-hydroxylation sites is 2. The van der Waals surface area contributed by atoms with Crippen molar-refractivity contribution in [3.8, 4) is 0 Å². The highest BCUT2D eigenvalue weighted by Crippen LogP contribution is 2.32. The van der Waals surface area contributed by atoms with Crippen LogP contribution in [-0.4, -0.2) is 21.4 Å². The predicted octanol–water partition coefficient (Wildman–Crippen LogP) is 3.97. The van der Waals surface area contributed by atoms with Crippen LogP contribution in [0.5, 0.6) is 0 Å². The number of amides is 1. The lowest BCUT2D eigenvalue weighted by atomic mass is 10.2. The average Bonchev–Trinajstić information content (AvgIpc) is 3.02. The lowest BCUT2D eigenvalue weighted by molar-refractivity contribution is -0.117. The second-order valence-electron chi connectivity index (χ2n) is 5.01. The summed E-state index contributed by atoms with van der Waals surface area (Å²) in [6.07, 6.45) is 0. The number of hydrogen-bond acceptors (Lipinski definition) is 6. The number of anilines is 3. The van der Waals surface area contributed by atoms with E-state index in [4.69, 9.17) is 5.73 Å². The first-order valence-corrected chi connectivity index (χ1v) is 9.04. The Morgan fingerprint density at radius 1 is 1.04 bits per heavy atom. The number of thioether (sulfide) groups is 1. The summed E-state index contributed by atoms with van der Waals surface area (Å²) in [7, 11) is 0. The van der Waals surface area contributed by atoms with E-state index in [1.54, 1.807) is 4.90 Å². The summed E-state index contributed by atoms with van der Waals surface area (Å²) >= 11 is 2.65. The molecule has 1 aromatic heterocycles. The molecule has 1 amide bonds. The number of nitrogen functional groups attached to an aromatic ring is 1. The summed E-state index contributed by atoms with van der Waals surface area (Å²) in [5.74, 6) is -0.0221. The molecular weight excluding hydrogens is 340 g/mol. The minimum absolute atomic E-state index is 0.0221. The minimum Gasteiger partial charge on any atom is -0.374 e. The molecule has 3 aromatic rings. The van der Waals surface area contributed by atoms with E-state index in [2.05, 4.69) is 10.2 Å². The predicted molar refractivity (Wildman–Crippen MR) is 99.7 cm³/mol. The van der Waals surface area contributed by atoms with E-state index in [-0.39, 0.29) is 11.2 Å². The van der Waals surface area contributed by atoms with Gasteiger partial charge in [0, 0.05) is 11.4 Å². The molecule has 0 saturated carbocycles. The van der Waals surface area contributed by atoms with E-state index in [1.807, 2.05) is 67.6 Å². The monoisotopic (exact) mass is 356 g/mol. The third-order valence-electron chi connectivity index (χ3n) is 3.30. The Hall–Kier alpha value is -2.38. The smallest absolute Gasteiger partial charge is 0.244 e. The largest absolute Gasteiger partial charge is 0.374 e. The number of rotatable bonds is 5. The highest BCUT2D eigenvalue weighted by molar-refractivity contribution is 8.02. The van der Waals surface area contributed by atoms with Crippen molar-refractivity contribution in [2.45, 2.75) is 16.5 Å². The Labute approximate surface area is 148 Å². The molecule has 24 heavy (non-hydrogen) atoms. The molecule has 0 aliphatic heterocycles.